The van der Waals surface area contributed by atoms with Crippen LogP contribution in [0.4, 0.5) is 4.79 Å². The van der Waals surface area contributed by atoms with Crippen molar-refractivity contribution in [3.63, 3.8) is 0 Å². The van der Waals surface area contributed by atoms with E-state index in [0.717, 1.165) is 12.0 Å². The second kappa shape index (κ2) is 15.5. The molecule has 1 rings (SSSR count). The van der Waals surface area contributed by atoms with Gasteiger partial charge in [0, 0.05) is 25.3 Å². The lowest BCUT2D eigenvalue weighted by Gasteiger charge is -2.32. The van der Waals surface area contributed by atoms with Crippen LogP contribution in [0.15, 0.2) is 36.0 Å². The third kappa shape index (κ3) is 11.9. The smallest absolute Gasteiger partial charge is 0.407 e. The molecule has 0 aromatic carbocycles. The molecule has 3 N–H and O–H groups in total. The summed E-state index contributed by atoms with van der Waals surface area (Å²) in [7, 11) is 0. The molecule has 0 bridgehead atoms. The predicted octanol–water partition coefficient (Wildman–Crippen LogP) is 3.59. The first kappa shape index (κ1) is 31.4. The molecular weight excluding hydrogens is 466 g/mol. The second-order valence-electron chi connectivity index (χ2n) is 9.74. The number of cyclic esters (lactones) is 1. The molecule has 0 fully saturated rings. The van der Waals surface area contributed by atoms with Crippen LogP contribution < -0.4 is 5.32 Å². The van der Waals surface area contributed by atoms with Crippen LogP contribution in [0.5, 0.6) is 0 Å². The quantitative estimate of drug-likeness (QED) is 0.196. The van der Waals surface area contributed by atoms with Crippen molar-refractivity contribution in [2.75, 3.05) is 13.2 Å². The molecule has 9 heteroatoms. The van der Waals surface area contributed by atoms with E-state index in [1.165, 1.54) is 13.8 Å². The van der Waals surface area contributed by atoms with Crippen LogP contribution in [-0.4, -0.2) is 65.3 Å². The van der Waals surface area contributed by atoms with Gasteiger partial charge in [-0.1, -0.05) is 45.1 Å². The van der Waals surface area contributed by atoms with Gasteiger partial charge in [0.15, 0.2) is 0 Å². The summed E-state index contributed by atoms with van der Waals surface area (Å²) in [6.45, 7) is 11.2. The van der Waals surface area contributed by atoms with Crippen LogP contribution in [-0.2, 0) is 23.8 Å². The molecule has 0 saturated heterocycles. The number of aliphatic hydroxyl groups excluding tert-OH is 1. The number of esters is 2. The molecule has 1 amide bonds. The molecule has 204 valence electrons. The Morgan fingerprint density at radius 1 is 1.33 bits per heavy atom. The predicted molar refractivity (Wildman–Crippen MR) is 136 cm³/mol. The average molecular weight is 510 g/mol. The molecule has 1 aliphatic heterocycles. The number of carbonyl (C=O) groups is 3. The molecule has 1 aliphatic rings. The molecule has 0 aromatic heterocycles. The fourth-order valence-electron chi connectivity index (χ4n) is 3.66. The molecule has 1 heterocycles. The zero-order valence-corrected chi connectivity index (χ0v) is 22.4. The van der Waals surface area contributed by atoms with Crippen LogP contribution in [0.3, 0.4) is 0 Å². The second-order valence-corrected chi connectivity index (χ2v) is 9.74. The van der Waals surface area contributed by atoms with Crippen molar-refractivity contribution < 1.29 is 38.8 Å². The number of hydrogen-bond donors (Lipinski definition) is 3. The van der Waals surface area contributed by atoms with Gasteiger partial charge in [-0.25, -0.2) is 4.79 Å². The molecule has 0 spiro atoms. The number of carbonyl (C=O) groups excluding carboxylic acids is 3. The summed E-state index contributed by atoms with van der Waals surface area (Å²) in [5, 5.41) is 23.8. The highest BCUT2D eigenvalue weighted by Gasteiger charge is 2.35. The monoisotopic (exact) mass is 509 g/mol. The number of ether oxygens (including phenoxy) is 3. The van der Waals surface area contributed by atoms with Crippen molar-refractivity contribution >= 4 is 18.0 Å². The van der Waals surface area contributed by atoms with E-state index < -0.39 is 41.9 Å². The van der Waals surface area contributed by atoms with E-state index in [0.29, 0.717) is 6.54 Å². The maximum Gasteiger partial charge on any atom is 0.407 e. The molecule has 36 heavy (non-hydrogen) atoms. The molecule has 0 radical (unpaired) electrons. The van der Waals surface area contributed by atoms with Gasteiger partial charge in [0.2, 0.25) is 0 Å². The number of rotatable bonds is 8. The number of allylic oxidation sites excluding steroid dienone is 2. The summed E-state index contributed by atoms with van der Waals surface area (Å²) in [6.07, 6.45) is 6.76. The van der Waals surface area contributed by atoms with Crippen LogP contribution in [0, 0.1) is 11.8 Å². The maximum atomic E-state index is 12.5. The van der Waals surface area contributed by atoms with E-state index >= 15 is 0 Å². The van der Waals surface area contributed by atoms with E-state index in [-0.39, 0.29) is 37.7 Å². The highest BCUT2D eigenvalue weighted by Crippen LogP contribution is 2.26. The Morgan fingerprint density at radius 2 is 2.03 bits per heavy atom. The number of amides is 1. The van der Waals surface area contributed by atoms with Crippen molar-refractivity contribution in [1.29, 1.82) is 0 Å². The van der Waals surface area contributed by atoms with Gasteiger partial charge in [0.1, 0.15) is 17.8 Å². The number of alkyl carbamates (subject to hydrolysis) is 1. The highest BCUT2D eigenvalue weighted by molar-refractivity contribution is 5.70. The number of hydrogen-bond acceptors (Lipinski definition) is 8. The Balaban J connectivity index is 3.02. The van der Waals surface area contributed by atoms with Gasteiger partial charge in [0.05, 0.1) is 19.1 Å². The van der Waals surface area contributed by atoms with E-state index in [1.807, 2.05) is 45.9 Å². The first-order valence-corrected chi connectivity index (χ1v) is 12.6. The third-order valence-electron chi connectivity index (χ3n) is 5.86. The Hall–Kier alpha value is -2.65. The zero-order chi connectivity index (χ0) is 27.3. The van der Waals surface area contributed by atoms with E-state index in [1.54, 1.807) is 12.2 Å². The SMILES string of the molecule is CCCNC(=O)OC[C@H](C)/C=C/C=C(\C)[C@H]1OC(=O)C[C@H](O)CC[C@@](C)(O)[C@@H](OC(C)=O)/C=C/[C@@H]1C. The number of nitrogens with one attached hydrogen (secondary N) is 1. The van der Waals surface area contributed by atoms with Gasteiger partial charge in [-0.3, -0.25) is 9.59 Å². The highest BCUT2D eigenvalue weighted by atomic mass is 16.6. The van der Waals surface area contributed by atoms with Gasteiger partial charge in [0.25, 0.3) is 0 Å². The normalized spacial score (nSPS) is 29.9. The van der Waals surface area contributed by atoms with Gasteiger partial charge >= 0.3 is 18.0 Å². The molecule has 6 atom stereocenters. The van der Waals surface area contributed by atoms with Crippen molar-refractivity contribution in [3.05, 3.63) is 36.0 Å². The molecule has 0 aliphatic carbocycles. The van der Waals surface area contributed by atoms with Crippen molar-refractivity contribution in [2.45, 2.75) is 91.1 Å². The molecule has 0 unspecified atom stereocenters. The molecule has 0 aromatic rings. The summed E-state index contributed by atoms with van der Waals surface area (Å²) in [6, 6.07) is 0. The summed E-state index contributed by atoms with van der Waals surface area (Å²) in [5.41, 5.74) is -0.659. The summed E-state index contributed by atoms with van der Waals surface area (Å²) in [5.74, 6) is -1.41. The summed E-state index contributed by atoms with van der Waals surface area (Å²) >= 11 is 0. The fraction of sp³-hybridized carbons (Fsp3) is 0.667. The molecule has 0 saturated carbocycles. The van der Waals surface area contributed by atoms with Gasteiger partial charge in [-0.15, -0.1) is 0 Å². The largest absolute Gasteiger partial charge is 0.457 e. The van der Waals surface area contributed by atoms with E-state index in [4.69, 9.17) is 14.2 Å². The minimum Gasteiger partial charge on any atom is -0.457 e. The Labute approximate surface area is 214 Å². The Morgan fingerprint density at radius 3 is 2.67 bits per heavy atom. The lowest BCUT2D eigenvalue weighted by Crippen LogP contribution is -2.42. The van der Waals surface area contributed by atoms with E-state index in [2.05, 4.69) is 5.32 Å². The van der Waals surface area contributed by atoms with Crippen LogP contribution >= 0.6 is 0 Å². The van der Waals surface area contributed by atoms with Crippen molar-refractivity contribution in [3.8, 4) is 0 Å². The zero-order valence-electron chi connectivity index (χ0n) is 22.4. The fourth-order valence-corrected chi connectivity index (χ4v) is 3.66. The first-order chi connectivity index (χ1) is 16.9. The summed E-state index contributed by atoms with van der Waals surface area (Å²) in [4.78, 5) is 35.7. The van der Waals surface area contributed by atoms with Gasteiger partial charge in [-0.05, 0) is 44.8 Å². The Bertz CT molecular complexity index is 817. The lowest BCUT2D eigenvalue weighted by molar-refractivity contribution is -0.157. The molecule has 9 nitrogen and oxygen atoms in total. The Kier molecular flexibility index (Phi) is 13.5. The van der Waals surface area contributed by atoms with Gasteiger partial charge in [-0.2, -0.15) is 0 Å². The topological polar surface area (TPSA) is 131 Å². The first-order valence-electron chi connectivity index (χ1n) is 12.6. The lowest BCUT2D eigenvalue weighted by atomic mass is 9.88. The third-order valence-corrected chi connectivity index (χ3v) is 5.86. The minimum absolute atomic E-state index is 0.0283. The average Bonchev–Trinajstić information content (AvgIpc) is 2.80. The molecular formula is C27H43NO8. The van der Waals surface area contributed by atoms with Crippen LogP contribution in [0.1, 0.15) is 67.2 Å². The van der Waals surface area contributed by atoms with E-state index in [9.17, 15) is 24.6 Å². The summed E-state index contributed by atoms with van der Waals surface area (Å²) < 4.78 is 16.2. The van der Waals surface area contributed by atoms with Crippen LogP contribution in [0.25, 0.3) is 0 Å². The minimum atomic E-state index is -1.42. The standard InChI is InChI=1S/C27H43NO8/c1-7-15-28-26(32)34-17-18(2)9-8-10-19(3)25-20(4)11-12-23(35-21(5)29)27(6,33)14-13-22(30)16-24(31)36-25/h8-12,18,20,22-23,25,30,33H,7,13-17H2,1-6H3,(H,28,32)/b9-8+,12-11+,19-10+/t18-,20+,22-,23+,25-,27-/m1/s1. The van der Waals surface area contributed by atoms with Gasteiger partial charge < -0.3 is 29.7 Å². The maximum absolute atomic E-state index is 12.5. The van der Waals surface area contributed by atoms with Crippen molar-refractivity contribution in [2.24, 2.45) is 11.8 Å². The van der Waals surface area contributed by atoms with Crippen LogP contribution in [0.2, 0.25) is 0 Å². The van der Waals surface area contributed by atoms with Crippen molar-refractivity contribution in [1.82, 2.24) is 5.32 Å². The number of aliphatic hydroxyl groups is 2.